The van der Waals surface area contributed by atoms with Gasteiger partial charge in [0, 0.05) is 10.0 Å². The first-order chi connectivity index (χ1) is 8.22. The van der Waals surface area contributed by atoms with E-state index in [2.05, 4.69) is 53.3 Å². The molecule has 17 heavy (non-hydrogen) atoms. The molecule has 0 bridgehead atoms. The van der Waals surface area contributed by atoms with Gasteiger partial charge in [0.25, 0.3) is 0 Å². The lowest BCUT2D eigenvalue weighted by Gasteiger charge is -2.19. The maximum Gasteiger partial charge on any atom is 0.0953 e. The summed E-state index contributed by atoms with van der Waals surface area (Å²) < 4.78 is 6.30. The van der Waals surface area contributed by atoms with Crippen LogP contribution in [0.1, 0.15) is 29.7 Å². The highest BCUT2D eigenvalue weighted by atomic mass is 79.9. The van der Waals surface area contributed by atoms with E-state index in [1.54, 1.807) is 12.5 Å². The number of aryl methyl sites for hydroxylation is 1. The molecule has 0 spiro atoms. The van der Waals surface area contributed by atoms with Gasteiger partial charge >= 0.3 is 0 Å². The van der Waals surface area contributed by atoms with Crippen molar-refractivity contribution >= 4 is 15.9 Å². The molecule has 0 saturated carbocycles. The standard InChI is InChI=1S/C14H16BrNO/c1-3-16-14(11-6-7-17-9-11)12-8-10(2)4-5-13(12)15/h4-9,14,16H,3H2,1-2H3. The smallest absolute Gasteiger partial charge is 0.0953 e. The lowest BCUT2D eigenvalue weighted by Crippen LogP contribution is -2.22. The van der Waals surface area contributed by atoms with Crippen molar-refractivity contribution in [1.82, 2.24) is 5.32 Å². The van der Waals surface area contributed by atoms with Gasteiger partial charge in [-0.3, -0.25) is 0 Å². The summed E-state index contributed by atoms with van der Waals surface area (Å²) in [7, 11) is 0. The Morgan fingerprint density at radius 1 is 1.35 bits per heavy atom. The largest absolute Gasteiger partial charge is 0.472 e. The minimum absolute atomic E-state index is 0.174. The molecule has 1 heterocycles. The molecule has 3 heteroatoms. The molecule has 0 aliphatic carbocycles. The number of halogens is 1. The lowest BCUT2D eigenvalue weighted by atomic mass is 9.99. The summed E-state index contributed by atoms with van der Waals surface area (Å²) in [5.41, 5.74) is 3.65. The molecule has 1 N–H and O–H groups in total. The van der Waals surface area contributed by atoms with Gasteiger partial charge in [0.05, 0.1) is 18.6 Å². The zero-order valence-corrected chi connectivity index (χ0v) is 11.6. The minimum atomic E-state index is 0.174. The third-order valence-electron chi connectivity index (χ3n) is 2.75. The summed E-state index contributed by atoms with van der Waals surface area (Å²) in [6.07, 6.45) is 3.51. The third-order valence-corrected chi connectivity index (χ3v) is 3.47. The van der Waals surface area contributed by atoms with E-state index in [0.29, 0.717) is 0 Å². The van der Waals surface area contributed by atoms with Gasteiger partial charge < -0.3 is 9.73 Å². The monoisotopic (exact) mass is 293 g/mol. The zero-order valence-electron chi connectivity index (χ0n) is 10.0. The van der Waals surface area contributed by atoms with Crippen molar-refractivity contribution < 1.29 is 4.42 Å². The molecule has 1 atom stereocenters. The first-order valence-corrected chi connectivity index (χ1v) is 6.53. The molecule has 1 aromatic heterocycles. The average Bonchev–Trinajstić information content (AvgIpc) is 2.83. The summed E-state index contributed by atoms with van der Waals surface area (Å²) in [5, 5.41) is 3.48. The fraction of sp³-hybridized carbons (Fsp3) is 0.286. The van der Waals surface area contributed by atoms with Gasteiger partial charge in [-0.05, 0) is 31.2 Å². The highest BCUT2D eigenvalue weighted by Crippen LogP contribution is 2.29. The highest BCUT2D eigenvalue weighted by molar-refractivity contribution is 9.10. The highest BCUT2D eigenvalue weighted by Gasteiger charge is 2.16. The lowest BCUT2D eigenvalue weighted by molar-refractivity contribution is 0.552. The summed E-state index contributed by atoms with van der Waals surface area (Å²) in [6.45, 7) is 5.13. The van der Waals surface area contributed by atoms with Gasteiger partial charge in [0.1, 0.15) is 0 Å². The molecule has 2 aromatic rings. The summed E-state index contributed by atoms with van der Waals surface area (Å²) in [6, 6.07) is 8.57. The van der Waals surface area contributed by atoms with Crippen molar-refractivity contribution in [1.29, 1.82) is 0 Å². The Kier molecular flexibility index (Phi) is 4.02. The number of benzene rings is 1. The topological polar surface area (TPSA) is 25.2 Å². The molecular formula is C14H16BrNO. The predicted molar refractivity (Wildman–Crippen MR) is 73.1 cm³/mol. The van der Waals surface area contributed by atoms with Gasteiger partial charge in [0.2, 0.25) is 0 Å². The molecule has 2 rings (SSSR count). The fourth-order valence-electron chi connectivity index (χ4n) is 1.94. The van der Waals surface area contributed by atoms with Crippen LogP contribution in [0.15, 0.2) is 45.7 Å². The number of nitrogens with one attached hydrogen (secondary N) is 1. The zero-order chi connectivity index (χ0) is 12.3. The third kappa shape index (κ3) is 2.79. The Morgan fingerprint density at radius 2 is 2.18 bits per heavy atom. The van der Waals surface area contributed by atoms with Crippen LogP contribution in [0.3, 0.4) is 0 Å². The van der Waals surface area contributed by atoms with Crippen LogP contribution in [-0.4, -0.2) is 6.54 Å². The molecule has 0 amide bonds. The summed E-state index contributed by atoms with van der Waals surface area (Å²) >= 11 is 3.62. The van der Waals surface area contributed by atoms with Crippen LogP contribution in [-0.2, 0) is 0 Å². The summed E-state index contributed by atoms with van der Waals surface area (Å²) in [5.74, 6) is 0. The van der Waals surface area contributed by atoms with E-state index in [-0.39, 0.29) is 6.04 Å². The van der Waals surface area contributed by atoms with Gasteiger partial charge in [-0.25, -0.2) is 0 Å². The van der Waals surface area contributed by atoms with E-state index < -0.39 is 0 Å². The fourth-order valence-corrected chi connectivity index (χ4v) is 2.41. The second-order valence-corrected chi connectivity index (χ2v) is 4.93. The molecule has 0 aliphatic heterocycles. The SMILES string of the molecule is CCNC(c1ccoc1)c1cc(C)ccc1Br. The van der Waals surface area contributed by atoms with Crippen LogP contribution in [0.2, 0.25) is 0 Å². The van der Waals surface area contributed by atoms with Crippen molar-refractivity contribution in [2.75, 3.05) is 6.54 Å². The predicted octanol–water partition coefficient (Wildman–Crippen LogP) is 4.05. The molecule has 90 valence electrons. The summed E-state index contributed by atoms with van der Waals surface area (Å²) in [4.78, 5) is 0. The Bertz CT molecular complexity index is 479. The second kappa shape index (κ2) is 5.52. The minimum Gasteiger partial charge on any atom is -0.472 e. The van der Waals surface area contributed by atoms with Gasteiger partial charge in [-0.15, -0.1) is 0 Å². The molecule has 0 fully saturated rings. The molecule has 0 aliphatic rings. The Morgan fingerprint density at radius 3 is 2.82 bits per heavy atom. The number of hydrogen-bond acceptors (Lipinski definition) is 2. The van der Waals surface area contributed by atoms with E-state index in [9.17, 15) is 0 Å². The van der Waals surface area contributed by atoms with Crippen molar-refractivity contribution in [3.8, 4) is 0 Å². The van der Waals surface area contributed by atoms with Crippen LogP contribution >= 0.6 is 15.9 Å². The molecule has 1 unspecified atom stereocenters. The van der Waals surface area contributed by atoms with E-state index in [4.69, 9.17) is 4.42 Å². The second-order valence-electron chi connectivity index (χ2n) is 4.07. The van der Waals surface area contributed by atoms with Gasteiger partial charge in [-0.2, -0.15) is 0 Å². The van der Waals surface area contributed by atoms with E-state index >= 15 is 0 Å². The number of hydrogen-bond donors (Lipinski definition) is 1. The van der Waals surface area contributed by atoms with E-state index in [1.807, 2.05) is 6.07 Å². The van der Waals surface area contributed by atoms with Crippen LogP contribution in [0, 0.1) is 6.92 Å². The molecule has 1 aromatic carbocycles. The number of rotatable bonds is 4. The van der Waals surface area contributed by atoms with Crippen LogP contribution in [0.5, 0.6) is 0 Å². The van der Waals surface area contributed by atoms with E-state index in [1.165, 1.54) is 11.1 Å². The molecular weight excluding hydrogens is 278 g/mol. The maximum atomic E-state index is 5.18. The van der Waals surface area contributed by atoms with Gasteiger partial charge in [-0.1, -0.05) is 40.5 Å². The van der Waals surface area contributed by atoms with Crippen LogP contribution in [0.25, 0.3) is 0 Å². The van der Waals surface area contributed by atoms with Crippen LogP contribution < -0.4 is 5.32 Å². The van der Waals surface area contributed by atoms with Crippen molar-refractivity contribution in [2.45, 2.75) is 19.9 Å². The first kappa shape index (κ1) is 12.4. The van der Waals surface area contributed by atoms with Crippen LogP contribution in [0.4, 0.5) is 0 Å². The first-order valence-electron chi connectivity index (χ1n) is 5.74. The van der Waals surface area contributed by atoms with Crippen molar-refractivity contribution in [3.63, 3.8) is 0 Å². The maximum absolute atomic E-state index is 5.18. The van der Waals surface area contributed by atoms with E-state index in [0.717, 1.165) is 16.6 Å². The molecule has 0 saturated heterocycles. The Labute approximate surface area is 110 Å². The average molecular weight is 294 g/mol. The van der Waals surface area contributed by atoms with Crippen molar-refractivity contribution in [2.24, 2.45) is 0 Å². The Balaban J connectivity index is 2.42. The molecule has 0 radical (unpaired) electrons. The molecule has 2 nitrogen and oxygen atoms in total. The number of furan rings is 1. The normalized spacial score (nSPS) is 12.6. The van der Waals surface area contributed by atoms with Gasteiger partial charge in [0.15, 0.2) is 0 Å². The van der Waals surface area contributed by atoms with Crippen molar-refractivity contribution in [3.05, 3.63) is 58.0 Å². The quantitative estimate of drug-likeness (QED) is 0.920. The Hall–Kier alpha value is -1.06.